The Morgan fingerprint density at radius 2 is 1.77 bits per heavy atom. The molecule has 0 saturated heterocycles. The Balaban J connectivity index is 2.60. The van der Waals surface area contributed by atoms with Crippen molar-refractivity contribution in [1.82, 2.24) is 15.1 Å². The quantitative estimate of drug-likeness (QED) is 0.764. The summed E-state index contributed by atoms with van der Waals surface area (Å²) in [7, 11) is 6.41. The van der Waals surface area contributed by atoms with Crippen molar-refractivity contribution in [2.45, 2.75) is 25.5 Å². The van der Waals surface area contributed by atoms with Gasteiger partial charge in [0.1, 0.15) is 12.4 Å². The number of aliphatic hydroxyl groups is 1. The van der Waals surface area contributed by atoms with Crippen LogP contribution < -0.4 is 10.1 Å². The van der Waals surface area contributed by atoms with Gasteiger partial charge in [0.05, 0.1) is 6.10 Å². The van der Waals surface area contributed by atoms with Crippen LogP contribution in [0.25, 0.3) is 0 Å². The zero-order valence-corrected chi connectivity index (χ0v) is 16.3. The lowest BCUT2D eigenvalue weighted by Crippen LogP contribution is -2.46. The van der Waals surface area contributed by atoms with E-state index in [1.54, 1.807) is 52.5 Å². The van der Waals surface area contributed by atoms with Crippen LogP contribution in [0.5, 0.6) is 5.75 Å². The van der Waals surface area contributed by atoms with E-state index in [2.05, 4.69) is 5.32 Å². The molecule has 1 aromatic carbocycles. The first kappa shape index (κ1) is 21.7. The summed E-state index contributed by atoms with van der Waals surface area (Å²) in [6, 6.07) is 6.72. The fourth-order valence-corrected chi connectivity index (χ4v) is 1.89. The molecule has 0 radical (unpaired) electrons. The van der Waals surface area contributed by atoms with Gasteiger partial charge in [0.25, 0.3) is 0 Å². The van der Waals surface area contributed by atoms with Gasteiger partial charge in [-0.05, 0) is 31.5 Å². The van der Waals surface area contributed by atoms with E-state index < -0.39 is 23.8 Å². The fraction of sp³-hybridized carbons (Fsp3) is 0.556. The Bertz CT molecular complexity index is 617. The van der Waals surface area contributed by atoms with Crippen molar-refractivity contribution < 1.29 is 24.2 Å². The Labute approximate surface area is 154 Å². The average Bonchev–Trinajstić information content (AvgIpc) is 2.57. The Morgan fingerprint density at radius 1 is 1.15 bits per heavy atom. The standard InChI is InChI=1S/C18H29N3O5/c1-18(2,12-25-16(23)20(3)4)19-11-15(22)13-8-7-9-14(10-13)26-17(24)21(5)6/h7-10,15,19,22H,11-12H2,1-6H3. The van der Waals surface area contributed by atoms with E-state index in [9.17, 15) is 14.7 Å². The molecule has 2 amide bonds. The Hall–Kier alpha value is -2.32. The van der Waals surface area contributed by atoms with Crippen LogP contribution in [0.15, 0.2) is 24.3 Å². The molecule has 0 fully saturated rings. The van der Waals surface area contributed by atoms with Gasteiger partial charge < -0.3 is 29.7 Å². The van der Waals surface area contributed by atoms with Gasteiger partial charge >= 0.3 is 12.2 Å². The molecular weight excluding hydrogens is 338 g/mol. The molecule has 146 valence electrons. The van der Waals surface area contributed by atoms with Crippen molar-refractivity contribution in [1.29, 1.82) is 0 Å². The Kier molecular flexibility index (Phi) is 7.85. The maximum Gasteiger partial charge on any atom is 0.414 e. The van der Waals surface area contributed by atoms with E-state index in [-0.39, 0.29) is 13.2 Å². The van der Waals surface area contributed by atoms with Crippen LogP contribution in [-0.2, 0) is 4.74 Å². The first-order chi connectivity index (χ1) is 12.0. The van der Waals surface area contributed by atoms with Gasteiger partial charge in [-0.3, -0.25) is 0 Å². The molecule has 0 heterocycles. The molecule has 8 nitrogen and oxygen atoms in total. The molecule has 26 heavy (non-hydrogen) atoms. The van der Waals surface area contributed by atoms with Crippen molar-refractivity contribution in [3.63, 3.8) is 0 Å². The van der Waals surface area contributed by atoms with Crippen LogP contribution in [0.4, 0.5) is 9.59 Å². The minimum absolute atomic E-state index is 0.164. The lowest BCUT2D eigenvalue weighted by Gasteiger charge is -2.28. The van der Waals surface area contributed by atoms with E-state index in [4.69, 9.17) is 9.47 Å². The summed E-state index contributed by atoms with van der Waals surface area (Å²) >= 11 is 0. The molecule has 0 aliphatic carbocycles. The van der Waals surface area contributed by atoms with Gasteiger partial charge in [-0.1, -0.05) is 12.1 Å². The SMILES string of the molecule is CN(C)C(=O)OCC(C)(C)NCC(O)c1cccc(OC(=O)N(C)C)c1. The molecule has 2 N–H and O–H groups in total. The molecule has 8 heteroatoms. The minimum atomic E-state index is -0.808. The largest absolute Gasteiger partial charge is 0.447 e. The van der Waals surface area contributed by atoms with Gasteiger partial charge in [0.15, 0.2) is 0 Å². The van der Waals surface area contributed by atoms with E-state index in [0.717, 1.165) is 0 Å². The highest BCUT2D eigenvalue weighted by atomic mass is 16.6. The lowest BCUT2D eigenvalue weighted by molar-refractivity contribution is 0.0840. The second-order valence-corrected chi connectivity index (χ2v) is 7.06. The third kappa shape index (κ3) is 7.28. The normalized spacial score (nSPS) is 12.3. The van der Waals surface area contributed by atoms with Gasteiger partial charge in [-0.2, -0.15) is 0 Å². The van der Waals surface area contributed by atoms with E-state index in [1.165, 1.54) is 9.80 Å². The van der Waals surface area contributed by atoms with Crippen molar-refractivity contribution in [3.8, 4) is 5.75 Å². The van der Waals surface area contributed by atoms with Crippen LogP contribution in [0.2, 0.25) is 0 Å². The molecule has 1 unspecified atom stereocenters. The van der Waals surface area contributed by atoms with Crippen LogP contribution in [0.3, 0.4) is 0 Å². The summed E-state index contributed by atoms with van der Waals surface area (Å²) in [5, 5.41) is 13.6. The summed E-state index contributed by atoms with van der Waals surface area (Å²) in [6.45, 7) is 4.16. The Morgan fingerprint density at radius 3 is 2.35 bits per heavy atom. The zero-order valence-electron chi connectivity index (χ0n) is 16.3. The number of β-amino-alcohol motifs (C(OH)–C–C–N with tert-alkyl or cyclic N) is 1. The highest BCUT2D eigenvalue weighted by molar-refractivity contribution is 5.70. The average molecular weight is 367 g/mol. The number of nitrogens with zero attached hydrogens (tertiary/aromatic N) is 2. The molecule has 1 atom stereocenters. The van der Waals surface area contributed by atoms with Crippen molar-refractivity contribution >= 4 is 12.2 Å². The third-order valence-corrected chi connectivity index (χ3v) is 3.51. The van der Waals surface area contributed by atoms with Crippen LogP contribution in [0.1, 0.15) is 25.5 Å². The molecule has 0 bridgehead atoms. The molecule has 0 spiro atoms. The number of rotatable bonds is 7. The molecule has 0 aliphatic rings. The molecule has 1 aromatic rings. The van der Waals surface area contributed by atoms with Crippen LogP contribution >= 0.6 is 0 Å². The topological polar surface area (TPSA) is 91.3 Å². The van der Waals surface area contributed by atoms with Crippen molar-refractivity contribution in [3.05, 3.63) is 29.8 Å². The zero-order chi connectivity index (χ0) is 19.9. The maximum absolute atomic E-state index is 11.6. The molecule has 0 aromatic heterocycles. The molecule has 0 saturated carbocycles. The monoisotopic (exact) mass is 367 g/mol. The number of carbonyl (C=O) groups is 2. The molecular formula is C18H29N3O5. The predicted molar refractivity (Wildman–Crippen MR) is 98.2 cm³/mol. The highest BCUT2D eigenvalue weighted by Gasteiger charge is 2.22. The maximum atomic E-state index is 11.6. The van der Waals surface area contributed by atoms with Gasteiger partial charge in [-0.25, -0.2) is 9.59 Å². The first-order valence-electron chi connectivity index (χ1n) is 8.28. The molecule has 0 aliphatic heterocycles. The smallest absolute Gasteiger partial charge is 0.414 e. The summed E-state index contributed by atoms with van der Waals surface area (Å²) < 4.78 is 10.4. The number of carbonyl (C=O) groups excluding carboxylic acids is 2. The lowest BCUT2D eigenvalue weighted by atomic mass is 10.0. The fourth-order valence-electron chi connectivity index (χ4n) is 1.89. The number of nitrogens with one attached hydrogen (secondary N) is 1. The van der Waals surface area contributed by atoms with E-state index in [1.807, 2.05) is 13.8 Å². The number of ether oxygens (including phenoxy) is 2. The van der Waals surface area contributed by atoms with Gasteiger partial charge in [0, 0.05) is 40.3 Å². The molecule has 1 rings (SSSR count). The second kappa shape index (κ2) is 9.40. The third-order valence-electron chi connectivity index (χ3n) is 3.51. The number of hydrogen-bond donors (Lipinski definition) is 2. The van der Waals surface area contributed by atoms with E-state index in [0.29, 0.717) is 11.3 Å². The van der Waals surface area contributed by atoms with Crippen LogP contribution in [-0.4, -0.2) is 74.0 Å². The van der Waals surface area contributed by atoms with Crippen molar-refractivity contribution in [2.24, 2.45) is 0 Å². The first-order valence-corrected chi connectivity index (χ1v) is 8.28. The summed E-state index contributed by atoms with van der Waals surface area (Å²) in [5.41, 5.74) is 0.101. The number of amides is 2. The van der Waals surface area contributed by atoms with E-state index >= 15 is 0 Å². The van der Waals surface area contributed by atoms with Gasteiger partial charge in [-0.15, -0.1) is 0 Å². The second-order valence-electron chi connectivity index (χ2n) is 7.06. The predicted octanol–water partition coefficient (Wildman–Crippen LogP) is 1.85. The highest BCUT2D eigenvalue weighted by Crippen LogP contribution is 2.20. The number of benzene rings is 1. The van der Waals surface area contributed by atoms with Crippen LogP contribution in [0, 0.1) is 0 Å². The summed E-state index contributed by atoms with van der Waals surface area (Å²) in [6.07, 6.45) is -1.72. The minimum Gasteiger partial charge on any atom is -0.447 e. The van der Waals surface area contributed by atoms with Crippen molar-refractivity contribution in [2.75, 3.05) is 41.3 Å². The number of aliphatic hydroxyl groups excluding tert-OH is 1. The summed E-state index contributed by atoms with van der Waals surface area (Å²) in [5.74, 6) is 0.361. The summed E-state index contributed by atoms with van der Waals surface area (Å²) in [4.78, 5) is 25.8. The van der Waals surface area contributed by atoms with Gasteiger partial charge in [0.2, 0.25) is 0 Å². The number of hydrogen-bond acceptors (Lipinski definition) is 6.